The molecule has 2 aromatic rings. The number of hydrogen-bond acceptors (Lipinski definition) is 13. The molecule has 0 saturated carbocycles. The first kappa shape index (κ1) is 26.4. The third-order valence-electron chi connectivity index (χ3n) is 4.70. The molecule has 1 saturated heterocycles. The van der Waals surface area contributed by atoms with Crippen LogP contribution >= 0.6 is 11.3 Å². The summed E-state index contributed by atoms with van der Waals surface area (Å²) in [5, 5.41) is 32.1. The maximum atomic E-state index is 13.0. The molecular weight excluding hydrogens is 528 g/mol. The number of thiazole rings is 1. The number of carbonyl (C=O) groups is 4. The summed E-state index contributed by atoms with van der Waals surface area (Å²) in [6, 6.07) is -3.01. The van der Waals surface area contributed by atoms with Crippen molar-refractivity contribution in [1.82, 2.24) is 29.6 Å². The molecule has 18 nitrogen and oxygen atoms in total. The molecule has 2 amide bonds. The number of β-lactam (4-membered cyclic amide) rings is 1. The van der Waals surface area contributed by atoms with E-state index in [-0.39, 0.29) is 15.1 Å². The summed E-state index contributed by atoms with van der Waals surface area (Å²) < 4.78 is 33.8. The summed E-state index contributed by atoms with van der Waals surface area (Å²) in [6.45, 7) is 1.82. The van der Waals surface area contributed by atoms with Crippen molar-refractivity contribution < 1.29 is 47.2 Å². The summed E-state index contributed by atoms with van der Waals surface area (Å²) in [5.74, 6) is -5.17. The Morgan fingerprint density at radius 3 is 2.47 bits per heavy atom. The van der Waals surface area contributed by atoms with E-state index < -0.39 is 69.7 Å². The Balaban J connectivity index is 1.90. The minimum absolute atomic E-state index is 0.0264. The fourth-order valence-electron chi connectivity index (χ4n) is 2.83. The maximum Gasteiger partial charge on any atom is 0.362 e. The normalized spacial score (nSPS) is 18.5. The first-order valence-corrected chi connectivity index (χ1v) is 11.9. The smallest absolute Gasteiger partial charge is 0.362 e. The number of nitrogens with zero attached hydrogens (tertiary/aromatic N) is 6. The van der Waals surface area contributed by atoms with Gasteiger partial charge in [0.25, 0.3) is 11.8 Å². The molecule has 3 rings (SSSR count). The van der Waals surface area contributed by atoms with Crippen molar-refractivity contribution in [2.45, 2.75) is 38.1 Å². The van der Waals surface area contributed by atoms with E-state index in [2.05, 4.69) is 25.8 Å². The molecule has 1 fully saturated rings. The highest BCUT2D eigenvalue weighted by molar-refractivity contribution is 7.84. The lowest BCUT2D eigenvalue weighted by Gasteiger charge is -2.43. The van der Waals surface area contributed by atoms with Crippen LogP contribution in [0.1, 0.15) is 30.0 Å². The molecular formula is C16H18N8O10S2. The number of anilines is 1. The number of rotatable bonds is 10. The van der Waals surface area contributed by atoms with E-state index in [0.29, 0.717) is 0 Å². The second kappa shape index (κ2) is 9.47. The van der Waals surface area contributed by atoms with Crippen molar-refractivity contribution >= 4 is 56.2 Å². The Kier molecular flexibility index (Phi) is 6.95. The summed E-state index contributed by atoms with van der Waals surface area (Å²) in [7, 11) is -5.06. The Morgan fingerprint density at radius 2 is 1.97 bits per heavy atom. The first-order chi connectivity index (χ1) is 16.6. The number of nitrogens with one attached hydrogen (secondary N) is 1. The number of carboxylic acids is 2. The van der Waals surface area contributed by atoms with Gasteiger partial charge in [0.05, 0.1) is 18.8 Å². The van der Waals surface area contributed by atoms with E-state index in [9.17, 15) is 37.3 Å². The highest BCUT2D eigenvalue weighted by atomic mass is 32.2. The molecule has 0 aliphatic carbocycles. The van der Waals surface area contributed by atoms with Crippen LogP contribution in [0.15, 0.2) is 16.7 Å². The quantitative estimate of drug-likeness (QED) is 0.0915. The molecule has 2 atom stereocenters. The molecule has 0 spiro atoms. The Labute approximate surface area is 205 Å². The van der Waals surface area contributed by atoms with Crippen molar-refractivity contribution in [3.8, 4) is 0 Å². The molecule has 1 aliphatic heterocycles. The fourth-order valence-corrected chi connectivity index (χ4v) is 4.25. The van der Waals surface area contributed by atoms with Gasteiger partial charge in [-0.3, -0.25) is 14.1 Å². The van der Waals surface area contributed by atoms with Gasteiger partial charge in [-0.25, -0.2) is 23.6 Å². The van der Waals surface area contributed by atoms with Crippen molar-refractivity contribution in [3.63, 3.8) is 0 Å². The number of aromatic carboxylic acids is 1. The van der Waals surface area contributed by atoms with Crippen molar-refractivity contribution in [2.75, 3.05) is 5.73 Å². The molecule has 1 aliphatic rings. The van der Waals surface area contributed by atoms with E-state index in [1.54, 1.807) is 0 Å². The highest BCUT2D eigenvalue weighted by Crippen LogP contribution is 2.25. The van der Waals surface area contributed by atoms with Crippen LogP contribution in [0.25, 0.3) is 0 Å². The summed E-state index contributed by atoms with van der Waals surface area (Å²) in [5.41, 5.74) is 2.53. The average Bonchev–Trinajstić information content (AvgIpc) is 3.40. The molecule has 0 radical (unpaired) electrons. The fraction of sp³-hybridized carbons (Fsp3) is 0.375. The van der Waals surface area contributed by atoms with E-state index in [1.807, 2.05) is 0 Å². The number of nitrogens with two attached hydrogens (primary N) is 1. The molecule has 0 aromatic carbocycles. The zero-order chi connectivity index (χ0) is 27.0. The van der Waals surface area contributed by atoms with Gasteiger partial charge in [0, 0.05) is 5.38 Å². The first-order valence-electron chi connectivity index (χ1n) is 9.57. The maximum absolute atomic E-state index is 13.0. The lowest BCUT2D eigenvalue weighted by atomic mass is 9.98. The molecule has 36 heavy (non-hydrogen) atoms. The van der Waals surface area contributed by atoms with Crippen LogP contribution in [0, 0.1) is 0 Å². The number of aromatic nitrogens is 4. The molecule has 2 unspecified atom stereocenters. The zero-order valence-electron chi connectivity index (χ0n) is 18.3. The van der Waals surface area contributed by atoms with Gasteiger partial charge in [0.15, 0.2) is 16.5 Å². The third-order valence-corrected chi connectivity index (χ3v) is 6.32. The topological polar surface area (TPSA) is 270 Å². The van der Waals surface area contributed by atoms with Crippen LogP contribution in [0.5, 0.6) is 0 Å². The number of hydrogen-bond donors (Lipinski definition) is 5. The van der Waals surface area contributed by atoms with Crippen LogP contribution in [0.2, 0.25) is 0 Å². The number of aliphatic carboxylic acids is 1. The molecule has 0 bridgehead atoms. The van der Waals surface area contributed by atoms with E-state index in [1.165, 1.54) is 5.38 Å². The number of carboxylic acid groups (broad SMARTS) is 2. The van der Waals surface area contributed by atoms with E-state index in [4.69, 9.17) is 15.7 Å². The lowest BCUT2D eigenvalue weighted by Crippen LogP contribution is -2.73. The Morgan fingerprint density at radius 1 is 1.31 bits per heavy atom. The number of carbonyl (C=O) groups excluding carboxylic acids is 2. The van der Waals surface area contributed by atoms with Gasteiger partial charge in [-0.2, -0.15) is 8.42 Å². The second-order valence-electron chi connectivity index (χ2n) is 7.68. The van der Waals surface area contributed by atoms with E-state index in [0.717, 1.165) is 36.1 Å². The average molecular weight is 547 g/mol. The molecule has 6 N–H and O–H groups in total. The van der Waals surface area contributed by atoms with Gasteiger partial charge in [0.1, 0.15) is 11.7 Å². The minimum atomic E-state index is -5.06. The predicted molar refractivity (Wildman–Crippen MR) is 117 cm³/mol. The van der Waals surface area contributed by atoms with Crippen LogP contribution in [0.4, 0.5) is 5.13 Å². The van der Waals surface area contributed by atoms with Crippen molar-refractivity contribution in [3.05, 3.63) is 23.0 Å². The van der Waals surface area contributed by atoms with Crippen LogP contribution in [-0.4, -0.2) is 94.6 Å². The molecule has 20 heteroatoms. The number of nitrogen functional groups attached to an aromatic ring is 1. The van der Waals surface area contributed by atoms with Crippen LogP contribution < -0.4 is 11.1 Å². The van der Waals surface area contributed by atoms with Gasteiger partial charge in [0.2, 0.25) is 5.60 Å². The number of oxime groups is 1. The molecule has 194 valence electrons. The zero-order valence-corrected chi connectivity index (χ0v) is 19.9. The lowest BCUT2D eigenvalue weighted by molar-refractivity contribution is -0.161. The van der Waals surface area contributed by atoms with Gasteiger partial charge >= 0.3 is 22.2 Å². The van der Waals surface area contributed by atoms with Crippen LogP contribution in [-0.2, 0) is 36.1 Å². The van der Waals surface area contributed by atoms with Gasteiger partial charge in [-0.05, 0) is 13.8 Å². The SMILES string of the molecule is CC(C)(O/N=C(\C(=O)NC1C(=O)N(S(=O)(=O)O)C1Cn1cc(C(=O)O)nn1)c1csc(N)n1)C(=O)O. The monoisotopic (exact) mass is 546 g/mol. The van der Waals surface area contributed by atoms with Crippen molar-refractivity contribution in [2.24, 2.45) is 5.16 Å². The Bertz CT molecular complexity index is 1360. The molecule has 3 heterocycles. The standard InChI is InChI=1S/C16H18N8O10S2/c1-16(2,14(29)30)34-21-9(7-5-35-15(17)18-7)11(25)19-10-8(24(12(10)26)36(31,32)33)4-23-3-6(13(27)28)20-22-23/h3,5,8,10H,4H2,1-2H3,(H2,17,18)(H,19,25)(H,27,28)(H,29,30)(H,31,32,33)/b21-9-. The van der Waals surface area contributed by atoms with Crippen LogP contribution in [0.3, 0.4) is 0 Å². The summed E-state index contributed by atoms with van der Waals surface area (Å²) in [4.78, 5) is 56.6. The van der Waals surface area contributed by atoms with E-state index >= 15 is 0 Å². The largest absolute Gasteiger partial charge is 0.478 e. The van der Waals surface area contributed by atoms with Crippen molar-refractivity contribution in [1.29, 1.82) is 0 Å². The highest BCUT2D eigenvalue weighted by Gasteiger charge is 2.54. The molecule has 2 aromatic heterocycles. The number of amides is 2. The van der Waals surface area contributed by atoms with Gasteiger partial charge in [-0.15, -0.1) is 16.4 Å². The Hall–Kier alpha value is -4.17. The van der Waals surface area contributed by atoms with Gasteiger partial charge in [-0.1, -0.05) is 10.4 Å². The van der Waals surface area contributed by atoms with Gasteiger partial charge < -0.3 is 26.1 Å². The summed E-state index contributed by atoms with van der Waals surface area (Å²) in [6.07, 6.45) is 0.943. The third kappa shape index (κ3) is 5.39. The second-order valence-corrected chi connectivity index (χ2v) is 9.86. The summed E-state index contributed by atoms with van der Waals surface area (Å²) >= 11 is 0.920. The minimum Gasteiger partial charge on any atom is -0.478 e. The predicted octanol–water partition coefficient (Wildman–Crippen LogP) is -2.20.